The maximum absolute atomic E-state index is 13.6. The van der Waals surface area contributed by atoms with Crippen LogP contribution < -0.4 is 5.32 Å². The highest BCUT2D eigenvalue weighted by Gasteiger charge is 2.34. The summed E-state index contributed by atoms with van der Waals surface area (Å²) in [5.41, 5.74) is 6.23. The number of carbonyl (C=O) groups excluding carboxylic acids is 1. The van der Waals surface area contributed by atoms with Crippen molar-refractivity contribution in [2.24, 2.45) is 0 Å². The minimum atomic E-state index is -0.0217. The molecule has 0 saturated carbocycles. The molecule has 6 heteroatoms. The van der Waals surface area contributed by atoms with E-state index in [0.29, 0.717) is 12.2 Å². The van der Waals surface area contributed by atoms with Gasteiger partial charge < -0.3 is 10.2 Å². The summed E-state index contributed by atoms with van der Waals surface area (Å²) in [5, 5.41) is 8.24. The number of aryl methyl sites for hydroxylation is 1. The molecule has 0 bridgehead atoms. The highest BCUT2D eigenvalue weighted by molar-refractivity contribution is 5.94. The van der Waals surface area contributed by atoms with Crippen molar-refractivity contribution in [2.75, 3.05) is 19.6 Å². The Hall–Kier alpha value is -2.99. The minimum Gasteiger partial charge on any atom is -0.328 e. The van der Waals surface area contributed by atoms with Crippen LogP contribution in [0.2, 0.25) is 0 Å². The molecule has 0 radical (unpaired) electrons. The SMILES string of the molecule is Cc1ccc(-n2nc(C(=O)N3CCNCC3c3cccnc3)c3c2CCC3)cc1. The van der Waals surface area contributed by atoms with Crippen molar-refractivity contribution < 1.29 is 4.79 Å². The maximum atomic E-state index is 13.6. The Morgan fingerprint density at radius 3 is 2.83 bits per heavy atom. The van der Waals surface area contributed by atoms with Gasteiger partial charge in [0.05, 0.1) is 11.7 Å². The summed E-state index contributed by atoms with van der Waals surface area (Å²) in [6.45, 7) is 4.28. The van der Waals surface area contributed by atoms with Crippen LogP contribution in [-0.2, 0) is 12.8 Å². The molecule has 1 aromatic carbocycles. The second kappa shape index (κ2) is 7.44. The van der Waals surface area contributed by atoms with Crippen molar-refractivity contribution in [2.45, 2.75) is 32.2 Å². The maximum Gasteiger partial charge on any atom is 0.275 e. The van der Waals surface area contributed by atoms with Crippen LogP contribution in [0.5, 0.6) is 0 Å². The monoisotopic (exact) mass is 387 g/mol. The largest absolute Gasteiger partial charge is 0.328 e. The van der Waals surface area contributed by atoms with Crippen molar-refractivity contribution in [1.29, 1.82) is 0 Å². The van der Waals surface area contributed by atoms with Crippen LogP contribution in [0.25, 0.3) is 5.69 Å². The quantitative estimate of drug-likeness (QED) is 0.751. The van der Waals surface area contributed by atoms with Gasteiger partial charge in [-0.05, 0) is 49.9 Å². The molecule has 148 valence electrons. The first-order valence-corrected chi connectivity index (χ1v) is 10.3. The number of amides is 1. The number of hydrogen-bond donors (Lipinski definition) is 1. The first-order valence-electron chi connectivity index (χ1n) is 10.3. The first kappa shape index (κ1) is 18.1. The van der Waals surface area contributed by atoms with Crippen molar-refractivity contribution in [1.82, 2.24) is 25.0 Å². The Bertz CT molecular complexity index is 1030. The highest BCUT2D eigenvalue weighted by atomic mass is 16.2. The van der Waals surface area contributed by atoms with E-state index in [1.165, 1.54) is 11.3 Å². The van der Waals surface area contributed by atoms with E-state index in [2.05, 4.69) is 41.5 Å². The Labute approximate surface area is 170 Å². The molecule has 1 fully saturated rings. The molecule has 2 aromatic heterocycles. The van der Waals surface area contributed by atoms with E-state index in [0.717, 1.165) is 49.2 Å². The molecule has 2 aliphatic rings. The van der Waals surface area contributed by atoms with E-state index < -0.39 is 0 Å². The third-order valence-corrected chi connectivity index (χ3v) is 5.98. The van der Waals surface area contributed by atoms with Gasteiger partial charge in [0.1, 0.15) is 0 Å². The van der Waals surface area contributed by atoms with Gasteiger partial charge in [-0.3, -0.25) is 9.78 Å². The van der Waals surface area contributed by atoms with Crippen molar-refractivity contribution in [3.8, 4) is 5.69 Å². The number of piperazine rings is 1. The molecule has 1 aliphatic heterocycles. The standard InChI is InChI=1S/C23H25N5O/c1-16-7-9-18(10-8-16)28-20-6-2-5-19(20)22(26-28)23(29)27-13-12-25-15-21(27)17-4-3-11-24-14-17/h3-4,7-11,14,21,25H,2,5-6,12-13,15H2,1H3. The lowest BCUT2D eigenvalue weighted by Crippen LogP contribution is -2.49. The van der Waals surface area contributed by atoms with Crippen LogP contribution in [0.15, 0.2) is 48.8 Å². The molecular weight excluding hydrogens is 362 g/mol. The lowest BCUT2D eigenvalue weighted by atomic mass is 10.0. The van der Waals surface area contributed by atoms with E-state index >= 15 is 0 Å². The minimum absolute atomic E-state index is 0.0217. The van der Waals surface area contributed by atoms with Crippen LogP contribution >= 0.6 is 0 Å². The Morgan fingerprint density at radius 1 is 1.17 bits per heavy atom. The zero-order valence-corrected chi connectivity index (χ0v) is 16.6. The highest BCUT2D eigenvalue weighted by Crippen LogP contribution is 2.31. The predicted octanol–water partition coefficient (Wildman–Crippen LogP) is 2.85. The van der Waals surface area contributed by atoms with E-state index in [9.17, 15) is 4.79 Å². The number of benzene rings is 1. The van der Waals surface area contributed by atoms with Gasteiger partial charge in [0.2, 0.25) is 0 Å². The molecule has 3 aromatic rings. The van der Waals surface area contributed by atoms with Gasteiger partial charge in [-0.2, -0.15) is 5.10 Å². The number of nitrogens with one attached hydrogen (secondary N) is 1. The van der Waals surface area contributed by atoms with Gasteiger partial charge in [-0.1, -0.05) is 23.8 Å². The molecule has 29 heavy (non-hydrogen) atoms. The van der Waals surface area contributed by atoms with E-state index in [4.69, 9.17) is 5.10 Å². The number of carbonyl (C=O) groups is 1. The molecule has 1 atom stereocenters. The zero-order chi connectivity index (χ0) is 19.8. The number of hydrogen-bond acceptors (Lipinski definition) is 4. The molecule has 1 amide bonds. The summed E-state index contributed by atoms with van der Waals surface area (Å²) in [4.78, 5) is 19.9. The summed E-state index contributed by atoms with van der Waals surface area (Å²) < 4.78 is 1.98. The zero-order valence-electron chi connectivity index (χ0n) is 16.6. The Balaban J connectivity index is 1.52. The van der Waals surface area contributed by atoms with Crippen LogP contribution in [0, 0.1) is 6.92 Å². The van der Waals surface area contributed by atoms with Gasteiger partial charge in [0.25, 0.3) is 5.91 Å². The third-order valence-electron chi connectivity index (χ3n) is 5.98. The smallest absolute Gasteiger partial charge is 0.275 e. The summed E-state index contributed by atoms with van der Waals surface area (Å²) in [6, 6.07) is 12.3. The van der Waals surface area contributed by atoms with Crippen LogP contribution in [-0.4, -0.2) is 45.2 Å². The van der Waals surface area contributed by atoms with Gasteiger partial charge in [0, 0.05) is 43.3 Å². The van der Waals surface area contributed by atoms with Crippen molar-refractivity contribution >= 4 is 5.91 Å². The van der Waals surface area contributed by atoms with Gasteiger partial charge >= 0.3 is 0 Å². The van der Waals surface area contributed by atoms with Gasteiger partial charge in [0.15, 0.2) is 5.69 Å². The summed E-state index contributed by atoms with van der Waals surface area (Å²) >= 11 is 0. The number of rotatable bonds is 3. The molecule has 5 rings (SSSR count). The number of aromatic nitrogens is 3. The fourth-order valence-corrected chi connectivity index (χ4v) is 4.46. The van der Waals surface area contributed by atoms with Gasteiger partial charge in [-0.15, -0.1) is 0 Å². The third kappa shape index (κ3) is 3.23. The molecule has 6 nitrogen and oxygen atoms in total. The normalized spacial score (nSPS) is 18.7. The summed E-state index contributed by atoms with van der Waals surface area (Å²) in [5.74, 6) is 0.0318. The van der Waals surface area contributed by atoms with Crippen LogP contribution in [0.4, 0.5) is 0 Å². The average molecular weight is 387 g/mol. The molecule has 1 N–H and O–H groups in total. The van der Waals surface area contributed by atoms with Crippen LogP contribution in [0.3, 0.4) is 0 Å². The van der Waals surface area contributed by atoms with Crippen LogP contribution in [0.1, 0.15) is 45.3 Å². The van der Waals surface area contributed by atoms with E-state index in [1.54, 1.807) is 6.20 Å². The molecule has 3 heterocycles. The van der Waals surface area contributed by atoms with Gasteiger partial charge in [-0.25, -0.2) is 4.68 Å². The summed E-state index contributed by atoms with van der Waals surface area (Å²) in [7, 11) is 0. The number of fused-ring (bicyclic) bond motifs is 1. The Kier molecular flexibility index (Phi) is 4.64. The fraction of sp³-hybridized carbons (Fsp3) is 0.348. The van der Waals surface area contributed by atoms with E-state index in [-0.39, 0.29) is 11.9 Å². The number of pyridine rings is 1. The van der Waals surface area contributed by atoms with E-state index in [1.807, 2.05) is 27.9 Å². The molecule has 0 spiro atoms. The fourth-order valence-electron chi connectivity index (χ4n) is 4.46. The lowest BCUT2D eigenvalue weighted by Gasteiger charge is -2.36. The number of nitrogens with zero attached hydrogens (tertiary/aromatic N) is 4. The summed E-state index contributed by atoms with van der Waals surface area (Å²) in [6.07, 6.45) is 6.59. The Morgan fingerprint density at radius 2 is 2.03 bits per heavy atom. The molecule has 1 unspecified atom stereocenters. The second-order valence-corrected chi connectivity index (χ2v) is 7.88. The topological polar surface area (TPSA) is 63.1 Å². The van der Waals surface area contributed by atoms with Crippen molar-refractivity contribution in [3.63, 3.8) is 0 Å². The molecular formula is C23H25N5O. The molecule has 1 aliphatic carbocycles. The lowest BCUT2D eigenvalue weighted by molar-refractivity contribution is 0.0626. The molecule has 1 saturated heterocycles. The average Bonchev–Trinajstić information content (AvgIpc) is 3.38. The predicted molar refractivity (Wildman–Crippen MR) is 111 cm³/mol. The second-order valence-electron chi connectivity index (χ2n) is 7.88. The first-order chi connectivity index (χ1) is 14.2. The van der Waals surface area contributed by atoms with Crippen molar-refractivity contribution in [3.05, 3.63) is 76.9 Å².